The highest BCUT2D eigenvalue weighted by Gasteiger charge is 2.31. The lowest BCUT2D eigenvalue weighted by molar-refractivity contribution is -0.118. The monoisotopic (exact) mass is 144 g/mol. The molecule has 2 heteroatoms. The average Bonchev–Trinajstić information content (AvgIpc) is 1.88. The second-order valence-corrected chi connectivity index (χ2v) is 3.47. The van der Waals surface area contributed by atoms with Gasteiger partial charge < -0.3 is 4.79 Å². The van der Waals surface area contributed by atoms with Crippen molar-refractivity contribution in [3.05, 3.63) is 0 Å². The van der Waals surface area contributed by atoms with E-state index in [1.807, 2.05) is 6.92 Å². The van der Waals surface area contributed by atoms with Crippen LogP contribution in [0.25, 0.3) is 0 Å². The number of aldehydes is 1. The standard InChI is InChI=1S/C8H13FO/c1-8(6-10)4-2-3-7(9)5-8/h6-7H,2-5H2,1H3/t7-,8+/m1/s1. The van der Waals surface area contributed by atoms with Crippen LogP contribution in [-0.2, 0) is 4.79 Å². The first-order valence-corrected chi connectivity index (χ1v) is 3.77. The molecule has 10 heavy (non-hydrogen) atoms. The summed E-state index contributed by atoms with van der Waals surface area (Å²) in [5, 5.41) is 0. The fourth-order valence-electron chi connectivity index (χ4n) is 1.54. The summed E-state index contributed by atoms with van der Waals surface area (Å²) in [5.74, 6) is 0. The summed E-state index contributed by atoms with van der Waals surface area (Å²) in [5.41, 5.74) is -0.363. The molecule has 0 aromatic carbocycles. The summed E-state index contributed by atoms with van der Waals surface area (Å²) < 4.78 is 12.7. The third-order valence-corrected chi connectivity index (χ3v) is 2.24. The van der Waals surface area contributed by atoms with Gasteiger partial charge in [0.2, 0.25) is 0 Å². The number of alkyl halides is 1. The first-order chi connectivity index (χ1) is 4.66. The maximum atomic E-state index is 12.7. The number of rotatable bonds is 1. The highest BCUT2D eigenvalue weighted by atomic mass is 19.1. The lowest BCUT2D eigenvalue weighted by Crippen LogP contribution is -2.27. The van der Waals surface area contributed by atoms with Crippen LogP contribution >= 0.6 is 0 Å². The Labute approximate surface area is 60.6 Å². The molecule has 0 heterocycles. The number of hydrogen-bond acceptors (Lipinski definition) is 1. The third kappa shape index (κ3) is 1.55. The minimum absolute atomic E-state index is 0.363. The Morgan fingerprint density at radius 1 is 1.70 bits per heavy atom. The van der Waals surface area contributed by atoms with Gasteiger partial charge in [0.05, 0.1) is 0 Å². The number of hydrogen-bond donors (Lipinski definition) is 0. The number of carbonyl (C=O) groups excluding carboxylic acids is 1. The molecule has 2 atom stereocenters. The van der Waals surface area contributed by atoms with E-state index in [-0.39, 0.29) is 5.41 Å². The van der Waals surface area contributed by atoms with Crippen molar-refractivity contribution in [2.45, 2.75) is 38.8 Å². The van der Waals surface area contributed by atoms with E-state index in [9.17, 15) is 9.18 Å². The molecule has 0 aromatic heterocycles. The lowest BCUT2D eigenvalue weighted by Gasteiger charge is -2.29. The van der Waals surface area contributed by atoms with Gasteiger partial charge in [0.25, 0.3) is 0 Å². The zero-order valence-corrected chi connectivity index (χ0v) is 6.27. The highest BCUT2D eigenvalue weighted by molar-refractivity contribution is 5.58. The van der Waals surface area contributed by atoms with Gasteiger partial charge in [-0.1, -0.05) is 6.92 Å². The fourth-order valence-corrected chi connectivity index (χ4v) is 1.54. The van der Waals surface area contributed by atoms with Crippen molar-refractivity contribution in [1.82, 2.24) is 0 Å². The topological polar surface area (TPSA) is 17.1 Å². The minimum atomic E-state index is -0.746. The summed E-state index contributed by atoms with van der Waals surface area (Å²) in [7, 11) is 0. The Balaban J connectivity index is 2.53. The fraction of sp³-hybridized carbons (Fsp3) is 0.875. The van der Waals surface area contributed by atoms with Crippen LogP contribution in [0.3, 0.4) is 0 Å². The van der Waals surface area contributed by atoms with Crippen molar-refractivity contribution in [3.8, 4) is 0 Å². The summed E-state index contributed by atoms with van der Waals surface area (Å²) in [4.78, 5) is 10.5. The van der Waals surface area contributed by atoms with Gasteiger partial charge in [-0.05, 0) is 25.7 Å². The molecule has 1 aliphatic rings. The predicted octanol–water partition coefficient (Wildman–Crippen LogP) is 2.10. The lowest BCUT2D eigenvalue weighted by atomic mass is 9.76. The Bertz CT molecular complexity index is 135. The van der Waals surface area contributed by atoms with Crippen molar-refractivity contribution >= 4 is 6.29 Å². The summed E-state index contributed by atoms with van der Waals surface area (Å²) in [6, 6.07) is 0. The van der Waals surface area contributed by atoms with E-state index in [1.54, 1.807) is 0 Å². The Hall–Kier alpha value is -0.400. The van der Waals surface area contributed by atoms with Crippen LogP contribution in [0.4, 0.5) is 4.39 Å². The minimum Gasteiger partial charge on any atom is -0.303 e. The van der Waals surface area contributed by atoms with E-state index in [0.717, 1.165) is 19.1 Å². The molecule has 0 unspecified atom stereocenters. The second kappa shape index (κ2) is 2.69. The molecule has 1 nitrogen and oxygen atoms in total. The molecule has 58 valence electrons. The Morgan fingerprint density at radius 3 is 2.80 bits per heavy atom. The SMILES string of the molecule is C[C@]1(C=O)CCC[C@@H](F)C1. The van der Waals surface area contributed by atoms with Crippen molar-refractivity contribution < 1.29 is 9.18 Å². The van der Waals surface area contributed by atoms with Crippen LogP contribution in [0, 0.1) is 5.41 Å². The molecule has 1 saturated carbocycles. The van der Waals surface area contributed by atoms with Gasteiger partial charge in [-0.15, -0.1) is 0 Å². The maximum Gasteiger partial charge on any atom is 0.125 e. The third-order valence-electron chi connectivity index (χ3n) is 2.24. The summed E-state index contributed by atoms with van der Waals surface area (Å²) in [6.07, 6.45) is 2.94. The van der Waals surface area contributed by atoms with E-state index in [4.69, 9.17) is 0 Å². The first-order valence-electron chi connectivity index (χ1n) is 3.77. The van der Waals surface area contributed by atoms with Crippen LogP contribution in [-0.4, -0.2) is 12.5 Å². The van der Waals surface area contributed by atoms with Crippen LogP contribution in [0.5, 0.6) is 0 Å². The molecule has 0 radical (unpaired) electrons. The van der Waals surface area contributed by atoms with Gasteiger partial charge in [0, 0.05) is 5.41 Å². The van der Waals surface area contributed by atoms with Gasteiger partial charge >= 0.3 is 0 Å². The molecule has 1 aliphatic carbocycles. The highest BCUT2D eigenvalue weighted by Crippen LogP contribution is 2.35. The summed E-state index contributed by atoms with van der Waals surface area (Å²) in [6.45, 7) is 1.84. The van der Waals surface area contributed by atoms with E-state index < -0.39 is 6.17 Å². The van der Waals surface area contributed by atoms with Crippen LogP contribution in [0.1, 0.15) is 32.6 Å². The molecule has 0 spiro atoms. The molecule has 0 aliphatic heterocycles. The Morgan fingerprint density at radius 2 is 2.40 bits per heavy atom. The molecule has 1 fully saturated rings. The van der Waals surface area contributed by atoms with Gasteiger partial charge in [0.1, 0.15) is 12.5 Å². The molecule has 0 N–H and O–H groups in total. The van der Waals surface area contributed by atoms with Crippen LogP contribution in [0.15, 0.2) is 0 Å². The first kappa shape index (κ1) is 7.70. The number of halogens is 1. The van der Waals surface area contributed by atoms with Crippen molar-refractivity contribution in [3.63, 3.8) is 0 Å². The number of carbonyl (C=O) groups is 1. The van der Waals surface area contributed by atoms with Crippen molar-refractivity contribution in [2.24, 2.45) is 5.41 Å². The van der Waals surface area contributed by atoms with E-state index in [2.05, 4.69) is 0 Å². The molecular weight excluding hydrogens is 131 g/mol. The maximum absolute atomic E-state index is 12.7. The van der Waals surface area contributed by atoms with Gasteiger partial charge in [-0.2, -0.15) is 0 Å². The predicted molar refractivity (Wildman–Crippen MR) is 37.5 cm³/mol. The van der Waals surface area contributed by atoms with Crippen molar-refractivity contribution in [1.29, 1.82) is 0 Å². The smallest absolute Gasteiger partial charge is 0.125 e. The van der Waals surface area contributed by atoms with E-state index >= 15 is 0 Å². The summed E-state index contributed by atoms with van der Waals surface area (Å²) >= 11 is 0. The van der Waals surface area contributed by atoms with E-state index in [0.29, 0.717) is 12.8 Å². The molecular formula is C8H13FO. The molecule has 0 amide bonds. The zero-order chi connectivity index (χ0) is 7.61. The van der Waals surface area contributed by atoms with Crippen LogP contribution < -0.4 is 0 Å². The van der Waals surface area contributed by atoms with Crippen molar-refractivity contribution in [2.75, 3.05) is 0 Å². The largest absolute Gasteiger partial charge is 0.303 e. The van der Waals surface area contributed by atoms with Gasteiger partial charge in [-0.3, -0.25) is 0 Å². The van der Waals surface area contributed by atoms with Gasteiger partial charge in [0.15, 0.2) is 0 Å². The Kier molecular flexibility index (Phi) is 2.07. The molecule has 0 aromatic rings. The van der Waals surface area contributed by atoms with Crippen LogP contribution in [0.2, 0.25) is 0 Å². The second-order valence-electron chi connectivity index (χ2n) is 3.47. The average molecular weight is 144 g/mol. The normalized spacial score (nSPS) is 41.2. The molecule has 0 saturated heterocycles. The van der Waals surface area contributed by atoms with Gasteiger partial charge in [-0.25, -0.2) is 4.39 Å². The van der Waals surface area contributed by atoms with E-state index in [1.165, 1.54) is 0 Å². The quantitative estimate of drug-likeness (QED) is 0.515. The molecule has 1 rings (SSSR count). The zero-order valence-electron chi connectivity index (χ0n) is 6.27. The molecule has 0 bridgehead atoms.